The van der Waals surface area contributed by atoms with Crippen molar-refractivity contribution in [2.75, 3.05) is 19.8 Å². The molecule has 7 nitrogen and oxygen atoms in total. The van der Waals surface area contributed by atoms with Crippen LogP contribution in [0.5, 0.6) is 5.75 Å². The van der Waals surface area contributed by atoms with E-state index in [2.05, 4.69) is 11.8 Å². The summed E-state index contributed by atoms with van der Waals surface area (Å²) in [6.07, 6.45) is 1.09. The summed E-state index contributed by atoms with van der Waals surface area (Å²) in [4.78, 5) is 12.2. The van der Waals surface area contributed by atoms with E-state index in [1.54, 1.807) is 28.8 Å². The van der Waals surface area contributed by atoms with Crippen LogP contribution in [0.1, 0.15) is 21.5 Å². The third-order valence-electron chi connectivity index (χ3n) is 5.87. The lowest BCUT2D eigenvalue weighted by Gasteiger charge is -2.45. The van der Waals surface area contributed by atoms with Gasteiger partial charge in [0.15, 0.2) is 0 Å². The normalized spacial score (nSPS) is 16.1. The van der Waals surface area contributed by atoms with Gasteiger partial charge in [0.25, 0.3) is 5.91 Å². The van der Waals surface area contributed by atoms with Crippen molar-refractivity contribution in [3.05, 3.63) is 68.8 Å². The fourth-order valence-corrected chi connectivity index (χ4v) is 4.58. The van der Waals surface area contributed by atoms with Gasteiger partial charge in [-0.05, 0) is 29.8 Å². The smallest absolute Gasteiger partial charge is 0.251 e. The summed E-state index contributed by atoms with van der Waals surface area (Å²) in [6.45, 7) is -1.27. The first-order valence-corrected chi connectivity index (χ1v) is 10.9. The third kappa shape index (κ3) is 3.99. The molecule has 2 aromatic carbocycles. The Morgan fingerprint density at radius 2 is 1.91 bits per heavy atom. The highest BCUT2D eigenvalue weighted by molar-refractivity contribution is 7.71. The van der Waals surface area contributed by atoms with Gasteiger partial charge in [-0.1, -0.05) is 47.8 Å². The molecule has 170 valence electrons. The number of rotatable bonds is 5. The van der Waals surface area contributed by atoms with E-state index in [0.717, 1.165) is 5.56 Å². The number of carbonyl (C=O) groups excluding carboxylic acids is 1. The molecule has 1 aliphatic heterocycles. The van der Waals surface area contributed by atoms with Gasteiger partial charge < -0.3 is 30.4 Å². The molecule has 0 radical (unpaired) electrons. The van der Waals surface area contributed by atoms with Crippen LogP contribution in [0, 0.1) is 16.4 Å². The zero-order valence-corrected chi connectivity index (χ0v) is 19.0. The van der Waals surface area contributed by atoms with Gasteiger partial charge in [0.1, 0.15) is 24.0 Å². The maximum Gasteiger partial charge on any atom is 0.251 e. The fraction of sp³-hybridized carbons (Fsp3) is 0.250. The Balaban J connectivity index is 2.01. The number of pyridine rings is 1. The lowest BCUT2D eigenvalue weighted by atomic mass is 9.86. The number of amides is 1. The molecule has 1 amide bonds. The van der Waals surface area contributed by atoms with Gasteiger partial charge in [-0.2, -0.15) is 0 Å². The number of aliphatic hydroxyl groups excluding tert-OH is 3. The summed E-state index contributed by atoms with van der Waals surface area (Å²) in [5, 5.41) is 31.2. The molecule has 0 bridgehead atoms. The monoisotopic (exact) mass is 484 g/mol. The number of aliphatic hydroxyl groups is 3. The number of nitrogens with zero attached hydrogens (tertiary/aromatic N) is 1. The van der Waals surface area contributed by atoms with Crippen LogP contribution in [0.2, 0.25) is 5.02 Å². The summed E-state index contributed by atoms with van der Waals surface area (Å²) in [7, 11) is 0. The average Bonchev–Trinajstić information content (AvgIpc) is 2.81. The second-order valence-corrected chi connectivity index (χ2v) is 8.64. The first-order valence-electron chi connectivity index (χ1n) is 10.1. The number of hydrogen-bond acceptors (Lipinski definition) is 6. The van der Waals surface area contributed by atoms with Crippen molar-refractivity contribution in [1.29, 1.82) is 0 Å². The highest BCUT2D eigenvalue weighted by atomic mass is 35.5. The van der Waals surface area contributed by atoms with Gasteiger partial charge in [-0.25, -0.2) is 0 Å². The van der Waals surface area contributed by atoms with Crippen LogP contribution in [-0.2, 0) is 12.0 Å². The molecule has 0 fully saturated rings. The first-order chi connectivity index (χ1) is 15.8. The molecule has 5 N–H and O–H groups in total. The van der Waals surface area contributed by atoms with Gasteiger partial charge in [0.05, 0.1) is 28.8 Å². The molecule has 4 rings (SSSR count). The molecule has 3 aromatic rings. The maximum absolute atomic E-state index is 12.2. The Morgan fingerprint density at radius 3 is 2.52 bits per heavy atom. The van der Waals surface area contributed by atoms with Crippen LogP contribution in [0.15, 0.2) is 42.6 Å². The van der Waals surface area contributed by atoms with Crippen molar-refractivity contribution in [2.45, 2.75) is 18.1 Å². The molecule has 33 heavy (non-hydrogen) atoms. The Labute approximate surface area is 200 Å². The number of halogens is 1. The van der Waals surface area contributed by atoms with Crippen LogP contribution < -0.4 is 10.5 Å². The molecule has 1 aromatic heterocycles. The van der Waals surface area contributed by atoms with Crippen molar-refractivity contribution < 1.29 is 24.9 Å². The third-order valence-corrected chi connectivity index (χ3v) is 6.56. The summed E-state index contributed by atoms with van der Waals surface area (Å²) in [5.74, 6) is 5.12. The zero-order valence-electron chi connectivity index (χ0n) is 17.4. The molecule has 1 unspecified atom stereocenters. The predicted molar refractivity (Wildman–Crippen MR) is 127 cm³/mol. The van der Waals surface area contributed by atoms with E-state index in [1.165, 1.54) is 6.20 Å². The average molecular weight is 485 g/mol. The number of nitrogens with two attached hydrogens (primary N) is 1. The van der Waals surface area contributed by atoms with Crippen molar-refractivity contribution >= 4 is 40.6 Å². The molecule has 9 heteroatoms. The minimum atomic E-state index is -1.31. The summed E-state index contributed by atoms with van der Waals surface area (Å²) < 4.78 is 8.20. The van der Waals surface area contributed by atoms with Gasteiger partial charge in [0.2, 0.25) is 0 Å². The Hall–Kier alpha value is -2.93. The minimum Gasteiger partial charge on any atom is -0.485 e. The number of aromatic nitrogens is 1. The van der Waals surface area contributed by atoms with Crippen LogP contribution >= 0.6 is 23.8 Å². The van der Waals surface area contributed by atoms with E-state index >= 15 is 0 Å². The number of ether oxygens (including phenoxy) is 1. The quantitative estimate of drug-likeness (QED) is 0.325. The van der Waals surface area contributed by atoms with Crippen molar-refractivity contribution in [1.82, 2.24) is 4.57 Å². The molecule has 2 heterocycles. The van der Waals surface area contributed by atoms with Crippen LogP contribution in [-0.4, -0.2) is 51.7 Å². The second kappa shape index (κ2) is 9.14. The predicted octanol–water partition coefficient (Wildman–Crippen LogP) is 2.15. The van der Waals surface area contributed by atoms with Crippen LogP contribution in [0.25, 0.3) is 10.9 Å². The molecular weight excluding hydrogens is 464 g/mol. The summed E-state index contributed by atoms with van der Waals surface area (Å²) >= 11 is 11.5. The van der Waals surface area contributed by atoms with E-state index in [9.17, 15) is 15.0 Å². The standard InChI is InChI=1S/C24H21ClN2O5S/c25-16-5-3-14(4-6-16)10-20-24(12-29,13-30)27-11-18(23(26)31)22(33)17-8-15(2-1-7-28)9-19(32-20)21(17)27/h3-6,8-9,11,20,28-30H,7,10,12-13H2,(H2,26,31). The fourth-order valence-electron chi connectivity index (χ4n) is 4.15. The lowest BCUT2D eigenvalue weighted by Crippen LogP contribution is -2.56. The lowest BCUT2D eigenvalue weighted by molar-refractivity contribution is -0.0356. The number of hydrogen-bond donors (Lipinski definition) is 4. The van der Waals surface area contributed by atoms with Gasteiger partial charge in [0, 0.05) is 28.6 Å². The molecule has 1 atom stereocenters. The van der Waals surface area contributed by atoms with E-state index in [-0.39, 0.29) is 16.7 Å². The SMILES string of the molecule is NC(=O)c1cn2c3c(cc(C#CCO)cc3c1=S)OC(Cc1ccc(Cl)cc1)C2(CO)CO. The molecule has 0 spiro atoms. The number of primary amides is 1. The summed E-state index contributed by atoms with van der Waals surface area (Å²) in [6, 6.07) is 10.6. The number of benzene rings is 2. The number of carbonyl (C=O) groups is 1. The van der Waals surface area contributed by atoms with E-state index in [1.807, 2.05) is 12.1 Å². The van der Waals surface area contributed by atoms with Crippen LogP contribution in [0.4, 0.5) is 0 Å². The maximum atomic E-state index is 12.2. The van der Waals surface area contributed by atoms with Gasteiger partial charge in [-0.15, -0.1) is 0 Å². The zero-order chi connectivity index (χ0) is 23.8. The molecular formula is C24H21ClN2O5S. The van der Waals surface area contributed by atoms with Gasteiger partial charge in [-0.3, -0.25) is 4.79 Å². The molecule has 0 saturated heterocycles. The van der Waals surface area contributed by atoms with E-state index < -0.39 is 30.8 Å². The van der Waals surface area contributed by atoms with Crippen molar-refractivity contribution in [2.24, 2.45) is 5.73 Å². The topological polar surface area (TPSA) is 118 Å². The van der Waals surface area contributed by atoms with E-state index in [4.69, 9.17) is 39.4 Å². The second-order valence-electron chi connectivity index (χ2n) is 7.79. The summed E-state index contributed by atoms with van der Waals surface area (Å²) in [5.41, 5.74) is 6.28. The highest BCUT2D eigenvalue weighted by Crippen LogP contribution is 2.41. The van der Waals surface area contributed by atoms with Crippen molar-refractivity contribution in [3.8, 4) is 17.6 Å². The molecule has 1 aliphatic rings. The Kier molecular flexibility index (Phi) is 6.43. The van der Waals surface area contributed by atoms with Crippen LogP contribution in [0.3, 0.4) is 0 Å². The van der Waals surface area contributed by atoms with Crippen molar-refractivity contribution in [3.63, 3.8) is 0 Å². The largest absolute Gasteiger partial charge is 0.485 e. The van der Waals surface area contributed by atoms with E-state index in [0.29, 0.717) is 33.7 Å². The molecule has 0 saturated carbocycles. The first kappa shape index (κ1) is 23.2. The Morgan fingerprint density at radius 1 is 1.21 bits per heavy atom. The molecule has 0 aliphatic carbocycles. The highest BCUT2D eigenvalue weighted by Gasteiger charge is 2.46. The minimum absolute atomic E-state index is 0.0779. The van der Waals surface area contributed by atoms with Gasteiger partial charge >= 0.3 is 0 Å². The Bertz CT molecular complexity index is 1350.